The predicted molar refractivity (Wildman–Crippen MR) is 98.4 cm³/mol. The van der Waals surface area contributed by atoms with Crippen LogP contribution in [0.25, 0.3) is 5.57 Å². The Balaban J connectivity index is 1.86. The molecule has 0 fully saturated rings. The molecular formula is C19H17F4N3O2. The highest BCUT2D eigenvalue weighted by atomic mass is 19.4. The van der Waals surface area contributed by atoms with E-state index in [0.717, 1.165) is 6.07 Å². The molecule has 0 saturated carbocycles. The van der Waals surface area contributed by atoms with E-state index >= 15 is 0 Å². The molecule has 0 atom stereocenters. The van der Waals surface area contributed by atoms with Crippen LogP contribution in [0.5, 0.6) is 0 Å². The normalized spacial score (nSPS) is 14.8. The molecule has 0 aliphatic carbocycles. The molecule has 0 bridgehead atoms. The fourth-order valence-corrected chi connectivity index (χ4v) is 2.77. The molecule has 0 radical (unpaired) electrons. The van der Waals surface area contributed by atoms with E-state index in [1.807, 2.05) is 0 Å². The summed E-state index contributed by atoms with van der Waals surface area (Å²) in [6, 6.07) is 7.49. The second kappa shape index (κ2) is 7.89. The Labute approximate surface area is 158 Å². The van der Waals surface area contributed by atoms with Crippen LogP contribution >= 0.6 is 0 Å². The van der Waals surface area contributed by atoms with Crippen LogP contribution in [0.1, 0.15) is 11.1 Å². The molecule has 3 N–H and O–H groups in total. The highest BCUT2D eigenvalue weighted by Gasteiger charge is 2.34. The van der Waals surface area contributed by atoms with Crippen LogP contribution < -0.4 is 16.0 Å². The van der Waals surface area contributed by atoms with Gasteiger partial charge < -0.3 is 20.7 Å². The number of ether oxygens (including phenoxy) is 1. The molecule has 1 heterocycles. The third kappa shape index (κ3) is 4.25. The molecule has 5 nitrogen and oxygen atoms in total. The topological polar surface area (TPSA) is 62.4 Å². The Morgan fingerprint density at radius 1 is 1.18 bits per heavy atom. The lowest BCUT2D eigenvalue weighted by molar-refractivity contribution is -0.136. The van der Waals surface area contributed by atoms with Crippen LogP contribution in [-0.2, 0) is 15.7 Å². The fourth-order valence-electron chi connectivity index (χ4n) is 2.77. The van der Waals surface area contributed by atoms with Crippen LogP contribution in [0, 0.1) is 5.82 Å². The van der Waals surface area contributed by atoms with E-state index in [1.54, 1.807) is 0 Å². The van der Waals surface area contributed by atoms with Gasteiger partial charge in [0.05, 0.1) is 17.7 Å². The Kier molecular flexibility index (Phi) is 5.55. The zero-order chi connectivity index (χ0) is 20.3. The molecular weight excluding hydrogens is 378 g/mol. The van der Waals surface area contributed by atoms with Crippen LogP contribution in [0.3, 0.4) is 0 Å². The number of alkyl halides is 3. The molecule has 2 aromatic carbocycles. The Bertz CT molecular complexity index is 926. The number of nitrogens with one attached hydrogen (secondary N) is 3. The second-order valence-electron chi connectivity index (χ2n) is 6.02. The molecule has 2 aromatic rings. The van der Waals surface area contributed by atoms with E-state index in [2.05, 4.69) is 16.0 Å². The summed E-state index contributed by atoms with van der Waals surface area (Å²) in [5.74, 6) is -0.992. The molecule has 0 spiro atoms. The number of hydrogen-bond donors (Lipinski definition) is 3. The zero-order valence-electron chi connectivity index (χ0n) is 14.8. The molecule has 0 aromatic heterocycles. The number of carbonyl (C=O) groups excluding carboxylic acids is 1. The standard InChI is InChI=1S/C19H17F4N3O2/c1-28-7-6-24-17-5-3-12(9-15(17)19(21,22)23)25-10-14-13-8-11(20)2-4-16(13)26-18(14)27/h2-5,8-10,24-25H,6-7H2,1H3,(H,26,27). The van der Waals surface area contributed by atoms with Gasteiger partial charge in [-0.3, -0.25) is 4.79 Å². The van der Waals surface area contributed by atoms with Crippen molar-refractivity contribution < 1.29 is 27.1 Å². The SMILES string of the molecule is COCCNc1ccc(NC=C2C(=O)Nc3ccc(F)cc32)cc1C(F)(F)F. The van der Waals surface area contributed by atoms with Gasteiger partial charge in [-0.1, -0.05) is 0 Å². The van der Waals surface area contributed by atoms with E-state index in [1.165, 1.54) is 43.6 Å². The highest BCUT2D eigenvalue weighted by Crippen LogP contribution is 2.37. The number of halogens is 4. The van der Waals surface area contributed by atoms with Crippen LogP contribution in [0.4, 0.5) is 34.6 Å². The first-order valence-electron chi connectivity index (χ1n) is 8.31. The van der Waals surface area contributed by atoms with Gasteiger partial charge in [0.1, 0.15) is 5.82 Å². The molecule has 1 aliphatic rings. The number of hydrogen-bond acceptors (Lipinski definition) is 4. The van der Waals surface area contributed by atoms with Crippen molar-refractivity contribution in [3.8, 4) is 0 Å². The van der Waals surface area contributed by atoms with Gasteiger partial charge in [-0.05, 0) is 36.4 Å². The number of fused-ring (bicyclic) bond motifs is 1. The van der Waals surface area contributed by atoms with Crippen molar-refractivity contribution in [3.05, 3.63) is 59.5 Å². The molecule has 1 amide bonds. The third-order valence-corrected chi connectivity index (χ3v) is 4.09. The summed E-state index contributed by atoms with van der Waals surface area (Å²) in [7, 11) is 1.45. The quantitative estimate of drug-likeness (QED) is 0.388. The van der Waals surface area contributed by atoms with Gasteiger partial charge in [0, 0.05) is 42.5 Å². The van der Waals surface area contributed by atoms with Crippen LogP contribution in [0.2, 0.25) is 0 Å². The molecule has 0 unspecified atom stereocenters. The molecule has 9 heteroatoms. The van der Waals surface area contributed by atoms with Crippen molar-refractivity contribution in [1.82, 2.24) is 0 Å². The predicted octanol–water partition coefficient (Wildman–Crippen LogP) is 4.31. The Morgan fingerprint density at radius 2 is 1.96 bits per heavy atom. The van der Waals surface area contributed by atoms with Gasteiger partial charge >= 0.3 is 6.18 Å². The van der Waals surface area contributed by atoms with Crippen LogP contribution in [0.15, 0.2) is 42.6 Å². The minimum atomic E-state index is -4.57. The summed E-state index contributed by atoms with van der Waals surface area (Å²) < 4.78 is 58.4. The highest BCUT2D eigenvalue weighted by molar-refractivity contribution is 6.31. The fraction of sp³-hybridized carbons (Fsp3) is 0.211. The minimum Gasteiger partial charge on any atom is -0.383 e. The van der Waals surface area contributed by atoms with Gasteiger partial charge in [-0.25, -0.2) is 4.39 Å². The van der Waals surface area contributed by atoms with Crippen LogP contribution in [-0.4, -0.2) is 26.2 Å². The number of carbonyl (C=O) groups is 1. The number of methoxy groups -OCH3 is 1. The van der Waals surface area contributed by atoms with Crippen molar-refractivity contribution in [2.24, 2.45) is 0 Å². The molecule has 148 valence electrons. The lowest BCUT2D eigenvalue weighted by Gasteiger charge is -2.16. The molecule has 0 saturated heterocycles. The monoisotopic (exact) mass is 395 g/mol. The summed E-state index contributed by atoms with van der Waals surface area (Å²) >= 11 is 0. The summed E-state index contributed by atoms with van der Waals surface area (Å²) in [5, 5.41) is 7.93. The largest absolute Gasteiger partial charge is 0.418 e. The van der Waals surface area contributed by atoms with Gasteiger partial charge in [0.25, 0.3) is 5.91 Å². The molecule has 1 aliphatic heterocycles. The van der Waals surface area contributed by atoms with Gasteiger partial charge in [0.2, 0.25) is 0 Å². The average molecular weight is 395 g/mol. The lowest BCUT2D eigenvalue weighted by atomic mass is 10.1. The van der Waals surface area contributed by atoms with Gasteiger partial charge in [-0.15, -0.1) is 0 Å². The first-order valence-corrected chi connectivity index (χ1v) is 8.31. The van der Waals surface area contributed by atoms with E-state index in [9.17, 15) is 22.4 Å². The van der Waals surface area contributed by atoms with Crippen molar-refractivity contribution in [2.75, 3.05) is 36.2 Å². The van der Waals surface area contributed by atoms with Crippen molar-refractivity contribution in [1.29, 1.82) is 0 Å². The first-order chi connectivity index (χ1) is 13.3. The van der Waals surface area contributed by atoms with E-state index < -0.39 is 23.5 Å². The minimum absolute atomic E-state index is 0.0752. The van der Waals surface area contributed by atoms with E-state index in [-0.39, 0.29) is 30.1 Å². The van der Waals surface area contributed by atoms with Crippen molar-refractivity contribution in [2.45, 2.75) is 6.18 Å². The maximum atomic E-state index is 13.5. The molecule has 28 heavy (non-hydrogen) atoms. The summed E-state index contributed by atoms with van der Waals surface area (Å²) in [6.45, 7) is 0.480. The Morgan fingerprint density at radius 3 is 2.68 bits per heavy atom. The lowest BCUT2D eigenvalue weighted by Crippen LogP contribution is -2.14. The number of benzene rings is 2. The summed E-state index contributed by atoms with van der Waals surface area (Å²) in [5.41, 5.74) is 0.114. The maximum Gasteiger partial charge on any atom is 0.418 e. The number of rotatable bonds is 6. The van der Waals surface area contributed by atoms with E-state index in [0.29, 0.717) is 11.3 Å². The number of anilines is 3. The first kappa shape index (κ1) is 19.7. The summed E-state index contributed by atoms with van der Waals surface area (Å²) in [6.07, 6.45) is -3.31. The Hall–Kier alpha value is -3.07. The zero-order valence-corrected chi connectivity index (χ0v) is 14.8. The third-order valence-electron chi connectivity index (χ3n) is 4.09. The average Bonchev–Trinajstić information content (AvgIpc) is 2.94. The van der Waals surface area contributed by atoms with Crippen molar-refractivity contribution >= 4 is 28.5 Å². The summed E-state index contributed by atoms with van der Waals surface area (Å²) in [4.78, 5) is 12.0. The smallest absolute Gasteiger partial charge is 0.383 e. The maximum absolute atomic E-state index is 13.5. The number of amides is 1. The molecule has 3 rings (SSSR count). The van der Waals surface area contributed by atoms with Gasteiger partial charge in [-0.2, -0.15) is 13.2 Å². The van der Waals surface area contributed by atoms with Crippen molar-refractivity contribution in [3.63, 3.8) is 0 Å². The second-order valence-corrected chi connectivity index (χ2v) is 6.02. The van der Waals surface area contributed by atoms with E-state index in [4.69, 9.17) is 4.74 Å². The van der Waals surface area contributed by atoms with Gasteiger partial charge in [0.15, 0.2) is 0 Å².